The molecule has 1 heterocycles. The number of methoxy groups -OCH3 is 1. The van der Waals surface area contributed by atoms with Gasteiger partial charge in [-0.25, -0.2) is 5.10 Å². The molecule has 0 atom stereocenters. The highest BCUT2D eigenvalue weighted by atomic mass is 16.5. The fourth-order valence-electron chi connectivity index (χ4n) is 1.98. The second-order valence-corrected chi connectivity index (χ2v) is 4.42. The summed E-state index contributed by atoms with van der Waals surface area (Å²) in [4.78, 5) is 23.0. The van der Waals surface area contributed by atoms with Crippen LogP contribution in [0.2, 0.25) is 0 Å². The first-order valence-corrected chi connectivity index (χ1v) is 6.03. The van der Waals surface area contributed by atoms with E-state index in [1.807, 2.05) is 26.0 Å². The molecule has 0 radical (unpaired) electrons. The summed E-state index contributed by atoms with van der Waals surface area (Å²) in [5.41, 5.74) is 2.28. The van der Waals surface area contributed by atoms with Gasteiger partial charge in [-0.15, -0.1) is 0 Å². The fraction of sp³-hybridized carbons (Fsp3) is 0.214. The Hall–Kier alpha value is -2.63. The third kappa shape index (κ3) is 2.85. The molecular weight excluding hydrogens is 258 g/mol. The van der Waals surface area contributed by atoms with E-state index in [1.54, 1.807) is 7.11 Å². The minimum Gasteiger partial charge on any atom is -0.494 e. The topological polar surface area (TPSA) is 84.1 Å². The molecule has 104 valence electrons. The van der Waals surface area contributed by atoms with Crippen LogP contribution in [0.25, 0.3) is 0 Å². The number of carbonyl (C=O) groups is 1. The van der Waals surface area contributed by atoms with Crippen LogP contribution in [0.4, 0.5) is 5.69 Å². The highest BCUT2D eigenvalue weighted by molar-refractivity contribution is 6.03. The van der Waals surface area contributed by atoms with Gasteiger partial charge in [-0.3, -0.25) is 9.59 Å². The predicted octanol–water partition coefficient (Wildman–Crippen LogP) is 1.65. The zero-order valence-electron chi connectivity index (χ0n) is 11.5. The van der Waals surface area contributed by atoms with Crippen molar-refractivity contribution in [3.8, 4) is 5.75 Å². The zero-order chi connectivity index (χ0) is 14.7. The third-order valence-corrected chi connectivity index (χ3v) is 2.78. The average molecular weight is 273 g/mol. The van der Waals surface area contributed by atoms with Gasteiger partial charge in [0.25, 0.3) is 11.5 Å². The van der Waals surface area contributed by atoms with E-state index in [4.69, 9.17) is 4.74 Å². The largest absolute Gasteiger partial charge is 0.494 e. The van der Waals surface area contributed by atoms with Gasteiger partial charge in [-0.2, -0.15) is 5.10 Å². The Morgan fingerprint density at radius 2 is 2.05 bits per heavy atom. The maximum absolute atomic E-state index is 12.1. The maximum atomic E-state index is 12.1. The number of benzene rings is 1. The first-order chi connectivity index (χ1) is 9.51. The number of aromatic nitrogens is 2. The number of anilines is 1. The molecule has 0 fully saturated rings. The number of hydrogen-bond donors (Lipinski definition) is 2. The lowest BCUT2D eigenvalue weighted by Crippen LogP contribution is -2.18. The Bertz CT molecular complexity index is 687. The van der Waals surface area contributed by atoms with Crippen LogP contribution in [-0.4, -0.2) is 23.2 Å². The van der Waals surface area contributed by atoms with Crippen LogP contribution in [0.3, 0.4) is 0 Å². The lowest BCUT2D eigenvalue weighted by molar-refractivity contribution is 0.102. The molecule has 0 unspecified atom stereocenters. The quantitative estimate of drug-likeness (QED) is 0.890. The van der Waals surface area contributed by atoms with Crippen molar-refractivity contribution in [3.63, 3.8) is 0 Å². The zero-order valence-corrected chi connectivity index (χ0v) is 11.5. The Labute approximate surface area is 115 Å². The Balaban J connectivity index is 2.32. The highest BCUT2D eigenvalue weighted by Gasteiger charge is 2.13. The lowest BCUT2D eigenvalue weighted by Gasteiger charge is -2.13. The average Bonchev–Trinajstić information content (AvgIpc) is 2.39. The van der Waals surface area contributed by atoms with Crippen LogP contribution < -0.4 is 15.6 Å². The third-order valence-electron chi connectivity index (χ3n) is 2.78. The predicted molar refractivity (Wildman–Crippen MR) is 75.3 cm³/mol. The normalized spacial score (nSPS) is 10.2. The number of hydrogen-bond acceptors (Lipinski definition) is 4. The molecule has 2 N–H and O–H groups in total. The van der Waals surface area contributed by atoms with E-state index in [2.05, 4.69) is 15.5 Å². The molecule has 0 aliphatic rings. The Kier molecular flexibility index (Phi) is 3.84. The van der Waals surface area contributed by atoms with Gasteiger partial charge in [0.1, 0.15) is 11.4 Å². The van der Waals surface area contributed by atoms with E-state index in [9.17, 15) is 9.59 Å². The molecule has 1 aromatic heterocycles. The Morgan fingerprint density at radius 3 is 2.65 bits per heavy atom. The van der Waals surface area contributed by atoms with Gasteiger partial charge in [-0.05, 0) is 37.1 Å². The van der Waals surface area contributed by atoms with Crippen molar-refractivity contribution in [2.24, 2.45) is 0 Å². The second-order valence-electron chi connectivity index (χ2n) is 4.42. The molecule has 0 saturated heterocycles. The van der Waals surface area contributed by atoms with Crippen molar-refractivity contribution in [2.75, 3.05) is 12.4 Å². The first-order valence-electron chi connectivity index (χ1n) is 6.03. The van der Waals surface area contributed by atoms with E-state index >= 15 is 0 Å². The molecule has 2 rings (SSSR count). The van der Waals surface area contributed by atoms with Crippen LogP contribution >= 0.6 is 0 Å². The minimum atomic E-state index is -0.412. The molecule has 0 spiro atoms. The maximum Gasteiger partial charge on any atom is 0.276 e. The summed E-state index contributed by atoms with van der Waals surface area (Å²) in [6.45, 7) is 3.83. The molecular formula is C14H15N3O3. The SMILES string of the molecule is COc1c(C)cc(C)cc1NC(=O)c1ccc(=O)[nH]n1. The van der Waals surface area contributed by atoms with Crippen LogP contribution in [-0.2, 0) is 0 Å². The number of rotatable bonds is 3. The summed E-state index contributed by atoms with van der Waals surface area (Å²) < 4.78 is 5.29. The van der Waals surface area contributed by atoms with Gasteiger partial charge < -0.3 is 10.1 Å². The van der Waals surface area contributed by atoms with Crippen molar-refractivity contribution >= 4 is 11.6 Å². The smallest absolute Gasteiger partial charge is 0.276 e. The number of H-pyrrole nitrogens is 1. The van der Waals surface area contributed by atoms with E-state index in [-0.39, 0.29) is 11.3 Å². The first kappa shape index (κ1) is 13.8. The molecule has 0 aliphatic heterocycles. The Morgan fingerprint density at radius 1 is 1.30 bits per heavy atom. The van der Waals surface area contributed by atoms with Gasteiger partial charge >= 0.3 is 0 Å². The molecule has 20 heavy (non-hydrogen) atoms. The van der Waals surface area contributed by atoms with Crippen LogP contribution in [0, 0.1) is 13.8 Å². The van der Waals surface area contributed by atoms with Crippen LogP contribution in [0.15, 0.2) is 29.1 Å². The minimum absolute atomic E-state index is 0.130. The summed E-state index contributed by atoms with van der Waals surface area (Å²) >= 11 is 0. The molecule has 6 heteroatoms. The summed E-state index contributed by atoms with van der Waals surface area (Å²) in [7, 11) is 1.55. The van der Waals surface area contributed by atoms with Gasteiger partial charge in [0.15, 0.2) is 0 Å². The number of ether oxygens (including phenoxy) is 1. The number of nitrogens with one attached hydrogen (secondary N) is 2. The van der Waals surface area contributed by atoms with E-state index in [1.165, 1.54) is 12.1 Å². The molecule has 1 aromatic carbocycles. The summed E-state index contributed by atoms with van der Waals surface area (Å²) in [5.74, 6) is 0.193. The molecule has 0 bridgehead atoms. The van der Waals surface area contributed by atoms with Crippen LogP contribution in [0.1, 0.15) is 21.6 Å². The van der Waals surface area contributed by atoms with Gasteiger partial charge in [-0.1, -0.05) is 6.07 Å². The number of aromatic amines is 1. The highest BCUT2D eigenvalue weighted by Crippen LogP contribution is 2.30. The van der Waals surface area contributed by atoms with Gasteiger partial charge in [0.2, 0.25) is 0 Å². The monoisotopic (exact) mass is 273 g/mol. The summed E-state index contributed by atoms with van der Waals surface area (Å²) in [6.07, 6.45) is 0. The fourth-order valence-corrected chi connectivity index (χ4v) is 1.98. The van der Waals surface area contributed by atoms with Crippen molar-refractivity contribution < 1.29 is 9.53 Å². The molecule has 0 saturated carbocycles. The molecule has 0 aliphatic carbocycles. The van der Waals surface area contributed by atoms with Gasteiger partial charge in [0, 0.05) is 6.07 Å². The standard InChI is InChI=1S/C14H15N3O3/c1-8-6-9(2)13(20-3)11(7-8)15-14(19)10-4-5-12(18)17-16-10/h4-7H,1-3H3,(H,15,19)(H,17,18). The van der Waals surface area contributed by atoms with Crippen molar-refractivity contribution in [1.29, 1.82) is 0 Å². The lowest BCUT2D eigenvalue weighted by atomic mass is 10.1. The van der Waals surface area contributed by atoms with E-state index in [0.717, 1.165) is 11.1 Å². The molecule has 1 amide bonds. The number of aryl methyl sites for hydroxylation is 2. The van der Waals surface area contributed by atoms with Crippen molar-refractivity contribution in [3.05, 3.63) is 51.4 Å². The van der Waals surface area contributed by atoms with E-state index < -0.39 is 5.91 Å². The summed E-state index contributed by atoms with van der Waals surface area (Å²) in [6, 6.07) is 6.39. The number of amides is 1. The summed E-state index contributed by atoms with van der Waals surface area (Å²) in [5, 5.41) is 8.64. The van der Waals surface area contributed by atoms with Crippen molar-refractivity contribution in [2.45, 2.75) is 13.8 Å². The number of nitrogens with zero attached hydrogens (tertiary/aromatic N) is 1. The second kappa shape index (κ2) is 5.56. The molecule has 2 aromatic rings. The van der Waals surface area contributed by atoms with Crippen LogP contribution in [0.5, 0.6) is 5.75 Å². The number of carbonyl (C=O) groups excluding carboxylic acids is 1. The van der Waals surface area contributed by atoms with Crippen molar-refractivity contribution in [1.82, 2.24) is 10.2 Å². The van der Waals surface area contributed by atoms with Gasteiger partial charge in [0.05, 0.1) is 12.8 Å². The molecule has 6 nitrogen and oxygen atoms in total. The van der Waals surface area contributed by atoms with E-state index in [0.29, 0.717) is 11.4 Å².